The molecule has 3 aromatic rings. The van der Waals surface area contributed by atoms with Crippen LogP contribution >= 0.6 is 22.9 Å². The summed E-state index contributed by atoms with van der Waals surface area (Å²) >= 11 is 7.17. The lowest BCUT2D eigenvalue weighted by Crippen LogP contribution is -2.57. The van der Waals surface area contributed by atoms with Gasteiger partial charge in [-0.25, -0.2) is 9.97 Å². The molecule has 1 fully saturated rings. The molecule has 0 radical (unpaired) electrons. The van der Waals surface area contributed by atoms with E-state index in [1.165, 1.54) is 40.6 Å². The third-order valence-electron chi connectivity index (χ3n) is 7.88. The number of nitrogens with zero attached hydrogens (tertiary/aromatic N) is 4. The third-order valence-corrected chi connectivity index (χ3v) is 10.1. The van der Waals surface area contributed by atoms with E-state index >= 15 is 0 Å². The van der Waals surface area contributed by atoms with Crippen LogP contribution in [0.25, 0.3) is 0 Å². The Kier molecular flexibility index (Phi) is 12.3. The molecule has 1 aliphatic heterocycles. The number of aryl methyl sites for hydroxylation is 1. The minimum absolute atomic E-state index is 0.0386. The third kappa shape index (κ3) is 10.0. The molecule has 0 bridgehead atoms. The van der Waals surface area contributed by atoms with Gasteiger partial charge in [0.2, 0.25) is 5.91 Å². The van der Waals surface area contributed by atoms with Gasteiger partial charge in [-0.3, -0.25) is 23.7 Å². The zero-order chi connectivity index (χ0) is 35.2. The van der Waals surface area contributed by atoms with E-state index in [0.29, 0.717) is 29.3 Å². The number of nitrogens with one attached hydrogen (secondary N) is 3. The molecule has 1 saturated carbocycles. The number of hydrogen-bond donors (Lipinski definition) is 4. The molecule has 2 aromatic heterocycles. The van der Waals surface area contributed by atoms with E-state index in [9.17, 15) is 27.6 Å². The van der Waals surface area contributed by atoms with E-state index in [-0.39, 0.29) is 28.4 Å². The summed E-state index contributed by atoms with van der Waals surface area (Å²) in [6, 6.07) is 7.93. The van der Waals surface area contributed by atoms with E-state index in [2.05, 4.69) is 30.8 Å². The summed E-state index contributed by atoms with van der Waals surface area (Å²) in [7, 11) is 1.39. The monoisotopic (exact) mass is 719 g/mol. The first-order valence-corrected chi connectivity index (χ1v) is 17.7. The molecule has 4 amide bonds. The maximum absolute atomic E-state index is 13.2. The van der Waals surface area contributed by atoms with Gasteiger partial charge >= 0.3 is 11.8 Å². The van der Waals surface area contributed by atoms with Crippen LogP contribution in [-0.2, 0) is 37.5 Å². The predicted molar refractivity (Wildman–Crippen MR) is 180 cm³/mol. The zero-order valence-corrected chi connectivity index (χ0v) is 29.3. The summed E-state index contributed by atoms with van der Waals surface area (Å²) in [5.41, 5.74) is 1.90. The lowest BCUT2D eigenvalue weighted by atomic mass is 9.81. The number of fused-ring (bicyclic) bond motifs is 1. The van der Waals surface area contributed by atoms with Crippen molar-refractivity contribution in [2.45, 2.75) is 56.1 Å². The molecule has 3 heterocycles. The summed E-state index contributed by atoms with van der Waals surface area (Å²) in [5, 5.41) is 8.91. The van der Waals surface area contributed by atoms with Crippen LogP contribution in [0.5, 0.6) is 0 Å². The Labute approximate surface area is 288 Å². The Balaban J connectivity index is 0.000000401. The van der Waals surface area contributed by atoms with Gasteiger partial charge in [-0.15, -0.1) is 11.3 Å². The van der Waals surface area contributed by atoms with Gasteiger partial charge in [0.05, 0.1) is 21.7 Å². The van der Waals surface area contributed by atoms with E-state index in [0.717, 1.165) is 35.6 Å². The second kappa shape index (κ2) is 16.0. The number of thiazole rings is 1. The molecule has 3 atom stereocenters. The van der Waals surface area contributed by atoms with E-state index in [1.54, 1.807) is 32.3 Å². The summed E-state index contributed by atoms with van der Waals surface area (Å²) in [6.07, 6.45) is 3.42. The first-order valence-electron chi connectivity index (χ1n) is 15.1. The predicted octanol–water partition coefficient (Wildman–Crippen LogP) is 2.53. The molecule has 5 rings (SSSR count). The highest BCUT2D eigenvalue weighted by molar-refractivity contribution is 7.85. The van der Waals surface area contributed by atoms with Gasteiger partial charge in [-0.1, -0.05) is 29.3 Å². The number of amides is 4. The number of carbonyl (C=O) groups excluding carboxylic acids is 4. The van der Waals surface area contributed by atoms with E-state index in [1.807, 2.05) is 14.0 Å². The van der Waals surface area contributed by atoms with Crippen LogP contribution < -0.4 is 16.0 Å². The number of benzene rings is 1. The average Bonchev–Trinajstić information content (AvgIpc) is 3.46. The maximum atomic E-state index is 13.2. The Morgan fingerprint density at radius 3 is 2.35 bits per heavy atom. The van der Waals surface area contributed by atoms with Gasteiger partial charge in [0.25, 0.3) is 16.0 Å². The number of carbonyl (C=O) groups is 4. The minimum atomic E-state index is -4.02. The van der Waals surface area contributed by atoms with Crippen LogP contribution in [0.2, 0.25) is 5.02 Å². The first kappa shape index (κ1) is 36.9. The molecule has 48 heavy (non-hydrogen) atoms. The van der Waals surface area contributed by atoms with E-state index < -0.39 is 34.0 Å². The van der Waals surface area contributed by atoms with Crippen LogP contribution in [0.4, 0.5) is 5.82 Å². The second-order valence-corrected chi connectivity index (χ2v) is 14.8. The Morgan fingerprint density at radius 2 is 1.73 bits per heavy atom. The van der Waals surface area contributed by atoms with Crippen molar-refractivity contribution < 1.29 is 32.1 Å². The normalized spacial score (nSPS) is 19.2. The van der Waals surface area contributed by atoms with Crippen molar-refractivity contribution in [3.8, 4) is 0 Å². The summed E-state index contributed by atoms with van der Waals surface area (Å²) in [6.45, 7) is 3.48. The molecule has 1 aliphatic carbocycles. The van der Waals surface area contributed by atoms with E-state index in [4.69, 9.17) is 16.2 Å². The van der Waals surface area contributed by atoms with Crippen molar-refractivity contribution in [2.75, 3.05) is 33.0 Å². The smallest absolute Gasteiger partial charge is 0.314 e. The number of anilines is 1. The second-order valence-electron chi connectivity index (χ2n) is 11.9. The summed E-state index contributed by atoms with van der Waals surface area (Å²) in [5.74, 6) is -2.25. The topological polar surface area (TPSA) is 191 Å². The average molecular weight is 720 g/mol. The van der Waals surface area contributed by atoms with Gasteiger partial charge in [0.1, 0.15) is 5.82 Å². The van der Waals surface area contributed by atoms with Crippen LogP contribution in [-0.4, -0.2) is 96.1 Å². The molecule has 0 saturated heterocycles. The molecular formula is C31H38ClN7O7S2. The van der Waals surface area contributed by atoms with Crippen LogP contribution in [0.3, 0.4) is 0 Å². The van der Waals surface area contributed by atoms with Gasteiger partial charge < -0.3 is 25.8 Å². The van der Waals surface area contributed by atoms with Gasteiger partial charge in [0.15, 0.2) is 5.01 Å². The minimum Gasteiger partial charge on any atom is -0.349 e. The van der Waals surface area contributed by atoms with Crippen molar-refractivity contribution in [3.05, 3.63) is 68.8 Å². The lowest BCUT2D eigenvalue weighted by molar-refractivity contribution is -0.137. The van der Waals surface area contributed by atoms with Crippen molar-refractivity contribution in [3.63, 3.8) is 0 Å². The summed E-state index contributed by atoms with van der Waals surface area (Å²) < 4.78 is 29.6. The molecule has 1 aromatic carbocycles. The number of rotatable bonds is 6. The Hall–Kier alpha value is -3.96. The molecule has 2 aliphatic rings. The molecule has 0 unspecified atom stereocenters. The van der Waals surface area contributed by atoms with Crippen molar-refractivity contribution in [1.82, 2.24) is 30.4 Å². The fraction of sp³-hybridized carbons (Fsp3) is 0.419. The van der Waals surface area contributed by atoms with Crippen LogP contribution in [0, 0.1) is 12.8 Å². The number of hydrogen-bond acceptors (Lipinski definition) is 10. The quantitative estimate of drug-likeness (QED) is 0.218. The van der Waals surface area contributed by atoms with Crippen LogP contribution in [0.1, 0.15) is 45.2 Å². The Bertz CT molecular complexity index is 1750. The lowest BCUT2D eigenvalue weighted by Gasteiger charge is -2.37. The fourth-order valence-corrected chi connectivity index (χ4v) is 6.99. The largest absolute Gasteiger partial charge is 0.349 e. The van der Waals surface area contributed by atoms with Gasteiger partial charge in [0, 0.05) is 56.6 Å². The molecule has 0 spiro atoms. The van der Waals surface area contributed by atoms with Crippen molar-refractivity contribution in [2.24, 2.45) is 5.92 Å². The first-order chi connectivity index (χ1) is 22.6. The van der Waals surface area contributed by atoms with Gasteiger partial charge in [-0.2, -0.15) is 8.42 Å². The Morgan fingerprint density at radius 1 is 1.02 bits per heavy atom. The molecule has 258 valence electrons. The molecule has 17 heteroatoms. The maximum Gasteiger partial charge on any atom is 0.314 e. The number of pyridine rings is 1. The highest BCUT2D eigenvalue weighted by atomic mass is 35.5. The number of likely N-dealkylation sites (N-methyl/N-ethyl adjacent to an activating group) is 1. The highest BCUT2D eigenvalue weighted by Gasteiger charge is 2.37. The fourth-order valence-electron chi connectivity index (χ4n) is 5.31. The van der Waals surface area contributed by atoms with Crippen molar-refractivity contribution >= 4 is 62.5 Å². The number of halogens is 1. The highest BCUT2D eigenvalue weighted by Crippen LogP contribution is 2.28. The SMILES string of the molecule is CN1CCc2nc(C(=O)N[C@H]3C[C@H](C(=O)N(C)C)CC[C@@H]3NC(=O)C(=O)Nc3ccc(Cl)cn3)sc2C1.Cc1ccc(S(=O)(=O)O)cc1. The standard InChI is InChI=1S/C24H30ClN7O4S.C7H8O3S/c1-31(2)24(36)13-4-6-15(27-20(33)21(34)30-19-7-5-14(25)11-26-19)17(10-13)28-22(35)23-29-16-8-9-32(3)12-18(16)37-23;1-6-2-4-7(5-3-6)11(8,9)10/h5,7,11,13,15,17H,4,6,8-10,12H2,1-3H3,(H,27,33)(H,28,35)(H,26,30,34);2-5H,1H3,(H,8,9,10)/t13-,15+,17+;/m1./s1. The number of aromatic nitrogens is 2. The molecule has 4 N–H and O–H groups in total. The summed E-state index contributed by atoms with van der Waals surface area (Å²) in [4.78, 5) is 64.2. The van der Waals surface area contributed by atoms with Crippen LogP contribution in [0.15, 0.2) is 47.5 Å². The molecule has 14 nitrogen and oxygen atoms in total. The molecular weight excluding hydrogens is 682 g/mol. The van der Waals surface area contributed by atoms with Crippen molar-refractivity contribution in [1.29, 1.82) is 0 Å². The zero-order valence-electron chi connectivity index (χ0n) is 26.9. The van der Waals surface area contributed by atoms with Gasteiger partial charge in [-0.05, 0) is 57.5 Å².